The molecule has 1 fully saturated rings. The third-order valence-electron chi connectivity index (χ3n) is 4.21. The van der Waals surface area contributed by atoms with E-state index in [0.717, 1.165) is 4.90 Å². The number of benzene rings is 1. The van der Waals surface area contributed by atoms with Crippen LogP contribution in [0.1, 0.15) is 10.4 Å². The van der Waals surface area contributed by atoms with Gasteiger partial charge in [0, 0.05) is 31.4 Å². The number of carbonyl (C=O) groups is 2. The van der Waals surface area contributed by atoms with Gasteiger partial charge >= 0.3 is 18.3 Å². The number of pyridine rings is 1. The SMILES string of the molecule is O=C(O)C(F)(F)F.O=C(c1cccnc1-c1ccccc1)N1CCNCC1C(F)(F)F. The fraction of sp³-hybridized carbons (Fsp3) is 0.316. The molecule has 6 nitrogen and oxygen atoms in total. The van der Waals surface area contributed by atoms with Crippen molar-refractivity contribution in [2.24, 2.45) is 0 Å². The normalized spacial score (nSPS) is 16.8. The van der Waals surface area contributed by atoms with Gasteiger partial charge in [0.05, 0.1) is 11.3 Å². The van der Waals surface area contributed by atoms with E-state index >= 15 is 0 Å². The Morgan fingerprint density at radius 3 is 2.19 bits per heavy atom. The van der Waals surface area contributed by atoms with E-state index in [9.17, 15) is 31.1 Å². The van der Waals surface area contributed by atoms with Crippen molar-refractivity contribution in [3.63, 3.8) is 0 Å². The lowest BCUT2D eigenvalue weighted by molar-refractivity contribution is -0.192. The Morgan fingerprint density at radius 2 is 1.65 bits per heavy atom. The number of piperazine rings is 1. The third kappa shape index (κ3) is 6.41. The van der Waals surface area contributed by atoms with E-state index in [1.165, 1.54) is 12.3 Å². The smallest absolute Gasteiger partial charge is 0.475 e. The molecule has 31 heavy (non-hydrogen) atoms. The quantitative estimate of drug-likeness (QED) is 0.688. The van der Waals surface area contributed by atoms with Crippen molar-refractivity contribution < 1.29 is 41.0 Å². The summed E-state index contributed by atoms with van der Waals surface area (Å²) in [4.78, 5) is 26.8. The molecule has 1 amide bonds. The molecule has 0 spiro atoms. The number of carboxylic acid groups (broad SMARTS) is 1. The van der Waals surface area contributed by atoms with Crippen LogP contribution in [0.2, 0.25) is 0 Å². The van der Waals surface area contributed by atoms with E-state index < -0.39 is 30.3 Å². The molecule has 1 aromatic carbocycles. The molecule has 1 aliphatic heterocycles. The summed E-state index contributed by atoms with van der Waals surface area (Å²) < 4.78 is 71.5. The lowest BCUT2D eigenvalue weighted by atomic mass is 10.0. The molecule has 0 saturated carbocycles. The molecule has 1 unspecified atom stereocenters. The lowest BCUT2D eigenvalue weighted by Crippen LogP contribution is -2.59. The van der Waals surface area contributed by atoms with E-state index in [-0.39, 0.29) is 18.7 Å². The molecule has 2 aromatic rings. The summed E-state index contributed by atoms with van der Waals surface area (Å²) in [7, 11) is 0. The maximum absolute atomic E-state index is 13.2. The zero-order valence-corrected chi connectivity index (χ0v) is 15.7. The molecule has 168 valence electrons. The van der Waals surface area contributed by atoms with Gasteiger partial charge in [0.15, 0.2) is 0 Å². The fourth-order valence-corrected chi connectivity index (χ4v) is 2.80. The first kappa shape index (κ1) is 24.1. The summed E-state index contributed by atoms with van der Waals surface area (Å²) in [6, 6.07) is 10.2. The van der Waals surface area contributed by atoms with Gasteiger partial charge in [-0.1, -0.05) is 30.3 Å². The summed E-state index contributed by atoms with van der Waals surface area (Å²) in [5, 5.41) is 9.82. The van der Waals surface area contributed by atoms with Crippen LogP contribution in [-0.4, -0.2) is 64.9 Å². The van der Waals surface area contributed by atoms with Crippen molar-refractivity contribution in [3.05, 3.63) is 54.2 Å². The Bertz CT molecular complexity index is 903. The number of carbonyl (C=O) groups excluding carboxylic acids is 1. The van der Waals surface area contributed by atoms with Gasteiger partial charge in [0.2, 0.25) is 0 Å². The predicted octanol–water partition coefficient (Wildman–Crippen LogP) is 3.36. The Morgan fingerprint density at radius 1 is 1.03 bits per heavy atom. The van der Waals surface area contributed by atoms with E-state index in [4.69, 9.17) is 9.90 Å². The fourth-order valence-electron chi connectivity index (χ4n) is 2.80. The number of halogens is 6. The van der Waals surface area contributed by atoms with Gasteiger partial charge in [-0.15, -0.1) is 0 Å². The highest BCUT2D eigenvalue weighted by Crippen LogP contribution is 2.29. The van der Waals surface area contributed by atoms with Gasteiger partial charge in [0.25, 0.3) is 5.91 Å². The van der Waals surface area contributed by atoms with E-state index in [0.29, 0.717) is 17.8 Å². The molecular weight excluding hydrogens is 432 g/mol. The summed E-state index contributed by atoms with van der Waals surface area (Å²) in [6.45, 7) is 0.0432. The number of alkyl halides is 6. The Balaban J connectivity index is 0.000000423. The van der Waals surface area contributed by atoms with E-state index in [1.807, 2.05) is 6.07 Å². The third-order valence-corrected chi connectivity index (χ3v) is 4.21. The second-order valence-corrected chi connectivity index (χ2v) is 6.33. The average molecular weight is 449 g/mol. The molecular formula is C19H17F6N3O3. The number of carboxylic acids is 1. The topological polar surface area (TPSA) is 82.5 Å². The van der Waals surface area contributed by atoms with Crippen LogP contribution in [-0.2, 0) is 4.79 Å². The van der Waals surface area contributed by atoms with E-state index in [2.05, 4.69) is 10.3 Å². The molecule has 0 bridgehead atoms. The standard InChI is InChI=1S/C17H16F3N3O.C2HF3O2/c18-17(19,20)14-11-21-9-10-23(14)16(24)13-7-4-8-22-15(13)12-5-2-1-3-6-12;3-2(4,5)1(6)7/h1-8,14,21H,9-11H2;(H,6,7). The molecule has 0 radical (unpaired) electrons. The predicted molar refractivity (Wildman–Crippen MR) is 97.1 cm³/mol. The van der Waals surface area contributed by atoms with Crippen molar-refractivity contribution in [2.45, 2.75) is 18.4 Å². The average Bonchev–Trinajstić information content (AvgIpc) is 2.73. The highest BCUT2D eigenvalue weighted by Gasteiger charge is 2.46. The van der Waals surface area contributed by atoms with Gasteiger partial charge in [-0.25, -0.2) is 4.79 Å². The van der Waals surface area contributed by atoms with Gasteiger partial charge in [-0.05, 0) is 12.1 Å². The first-order valence-corrected chi connectivity index (χ1v) is 8.82. The number of nitrogens with zero attached hydrogens (tertiary/aromatic N) is 2. The minimum Gasteiger partial charge on any atom is -0.475 e. The Kier molecular flexibility index (Phi) is 7.60. The van der Waals surface area contributed by atoms with Crippen molar-refractivity contribution in [3.8, 4) is 11.3 Å². The van der Waals surface area contributed by atoms with Crippen molar-refractivity contribution >= 4 is 11.9 Å². The van der Waals surface area contributed by atoms with Crippen LogP contribution < -0.4 is 5.32 Å². The molecule has 1 saturated heterocycles. The summed E-state index contributed by atoms with van der Waals surface area (Å²) in [6.07, 6.45) is -8.03. The van der Waals surface area contributed by atoms with Crippen LogP contribution in [0, 0.1) is 0 Å². The van der Waals surface area contributed by atoms with Gasteiger partial charge in [-0.2, -0.15) is 26.3 Å². The highest BCUT2D eigenvalue weighted by molar-refractivity contribution is 6.00. The van der Waals surface area contributed by atoms with Crippen LogP contribution >= 0.6 is 0 Å². The highest BCUT2D eigenvalue weighted by atomic mass is 19.4. The van der Waals surface area contributed by atoms with Crippen molar-refractivity contribution in [1.82, 2.24) is 15.2 Å². The number of nitrogens with one attached hydrogen (secondary N) is 1. The number of rotatable bonds is 2. The van der Waals surface area contributed by atoms with Crippen molar-refractivity contribution in [2.75, 3.05) is 19.6 Å². The summed E-state index contributed by atoms with van der Waals surface area (Å²) in [5.41, 5.74) is 1.27. The molecule has 1 atom stereocenters. The van der Waals surface area contributed by atoms with E-state index in [1.54, 1.807) is 30.3 Å². The molecule has 3 rings (SSSR count). The minimum absolute atomic E-state index is 0.00609. The largest absolute Gasteiger partial charge is 0.490 e. The number of hydrogen-bond donors (Lipinski definition) is 2. The number of aliphatic carboxylic acids is 1. The first-order chi connectivity index (χ1) is 14.4. The number of hydrogen-bond acceptors (Lipinski definition) is 4. The second kappa shape index (κ2) is 9.77. The molecule has 0 aliphatic carbocycles. The molecule has 12 heteroatoms. The summed E-state index contributed by atoms with van der Waals surface area (Å²) in [5.74, 6) is -3.40. The van der Waals surface area contributed by atoms with Crippen LogP contribution in [0.15, 0.2) is 48.7 Å². The maximum Gasteiger partial charge on any atom is 0.490 e. The number of aromatic nitrogens is 1. The second-order valence-electron chi connectivity index (χ2n) is 6.33. The molecule has 2 N–H and O–H groups in total. The lowest BCUT2D eigenvalue weighted by Gasteiger charge is -2.37. The first-order valence-electron chi connectivity index (χ1n) is 8.82. The minimum atomic E-state index is -5.08. The van der Waals surface area contributed by atoms with Gasteiger partial charge in [-0.3, -0.25) is 9.78 Å². The van der Waals surface area contributed by atoms with Crippen LogP contribution in [0.25, 0.3) is 11.3 Å². The van der Waals surface area contributed by atoms with Gasteiger partial charge < -0.3 is 15.3 Å². The van der Waals surface area contributed by atoms with Crippen molar-refractivity contribution in [1.29, 1.82) is 0 Å². The van der Waals surface area contributed by atoms with Gasteiger partial charge in [0.1, 0.15) is 6.04 Å². The Labute approximate surface area is 172 Å². The zero-order chi connectivity index (χ0) is 23.2. The zero-order valence-electron chi connectivity index (χ0n) is 15.7. The Hall–Kier alpha value is -3.15. The maximum atomic E-state index is 13.2. The molecule has 1 aromatic heterocycles. The molecule has 2 heterocycles. The summed E-state index contributed by atoms with van der Waals surface area (Å²) >= 11 is 0. The monoisotopic (exact) mass is 449 g/mol. The number of amides is 1. The molecule has 1 aliphatic rings. The van der Waals surface area contributed by atoms with Crippen LogP contribution in [0.3, 0.4) is 0 Å². The van der Waals surface area contributed by atoms with Crippen LogP contribution in [0.5, 0.6) is 0 Å². The van der Waals surface area contributed by atoms with Crippen LogP contribution in [0.4, 0.5) is 26.3 Å².